The van der Waals surface area contributed by atoms with E-state index in [1.807, 2.05) is 12.1 Å². The number of alkyl halides is 3. The molecule has 138 valence electrons. The van der Waals surface area contributed by atoms with E-state index < -0.39 is 25.0 Å². The van der Waals surface area contributed by atoms with E-state index in [4.69, 9.17) is 0 Å². The molecule has 0 fully saturated rings. The van der Waals surface area contributed by atoms with Crippen molar-refractivity contribution < 1.29 is 18.0 Å². The van der Waals surface area contributed by atoms with Crippen molar-refractivity contribution in [1.29, 1.82) is 0 Å². The lowest BCUT2D eigenvalue weighted by atomic mass is 10.0. The molecule has 2 aromatic carbocycles. The van der Waals surface area contributed by atoms with Crippen molar-refractivity contribution in [1.82, 2.24) is 15.5 Å². The summed E-state index contributed by atoms with van der Waals surface area (Å²) in [5.74, 6) is -0.523. The molecule has 0 spiro atoms. The molecule has 7 heteroatoms. The number of aromatic amines is 1. The molecule has 1 heterocycles. The number of hydrogen-bond donors (Lipinski definition) is 2. The number of amides is 1. The number of carbonyl (C=O) groups is 1. The summed E-state index contributed by atoms with van der Waals surface area (Å²) < 4.78 is 36.5. The number of benzene rings is 2. The number of fused-ring (bicyclic) bond motifs is 3. The normalized spacial score (nSPS) is 12.6. The lowest BCUT2D eigenvalue weighted by Gasteiger charge is -2.08. The van der Waals surface area contributed by atoms with Crippen molar-refractivity contribution in [3.05, 3.63) is 65.2 Å². The van der Waals surface area contributed by atoms with Gasteiger partial charge in [-0.05, 0) is 17.7 Å². The molecule has 3 aromatic rings. The molecule has 0 saturated heterocycles. The summed E-state index contributed by atoms with van der Waals surface area (Å²) in [5, 5.41) is 9.77. The second-order valence-corrected chi connectivity index (χ2v) is 6.46. The van der Waals surface area contributed by atoms with Gasteiger partial charge in [-0.15, -0.1) is 0 Å². The monoisotopic (exact) mass is 371 g/mol. The third-order valence-electron chi connectivity index (χ3n) is 4.64. The molecule has 1 aliphatic carbocycles. The summed E-state index contributed by atoms with van der Waals surface area (Å²) in [5.41, 5.74) is 6.50. The minimum atomic E-state index is -4.28. The maximum absolute atomic E-state index is 12.2. The van der Waals surface area contributed by atoms with E-state index in [1.54, 1.807) is 24.3 Å². The van der Waals surface area contributed by atoms with Gasteiger partial charge in [-0.25, -0.2) is 0 Å². The summed E-state index contributed by atoms with van der Waals surface area (Å²) in [4.78, 5) is 12.0. The molecule has 1 aliphatic rings. The van der Waals surface area contributed by atoms with E-state index >= 15 is 0 Å². The van der Waals surface area contributed by atoms with Crippen LogP contribution in [0.5, 0.6) is 0 Å². The molecule has 0 bridgehead atoms. The maximum Gasteiger partial charge on any atom is 0.390 e. The topological polar surface area (TPSA) is 57.8 Å². The summed E-state index contributed by atoms with van der Waals surface area (Å²) in [6, 6.07) is 14.8. The molecular weight excluding hydrogens is 355 g/mol. The second kappa shape index (κ2) is 6.57. The minimum Gasteiger partial charge on any atom is -0.352 e. The number of hydrogen-bond acceptors (Lipinski definition) is 2. The molecule has 0 aliphatic heterocycles. The van der Waals surface area contributed by atoms with Crippen molar-refractivity contribution in [2.45, 2.75) is 19.0 Å². The summed E-state index contributed by atoms with van der Waals surface area (Å²) >= 11 is 0. The van der Waals surface area contributed by atoms with Gasteiger partial charge in [0.05, 0.1) is 17.8 Å². The smallest absolute Gasteiger partial charge is 0.352 e. The van der Waals surface area contributed by atoms with E-state index in [-0.39, 0.29) is 0 Å². The lowest BCUT2D eigenvalue weighted by molar-refractivity contribution is -0.132. The van der Waals surface area contributed by atoms with Crippen LogP contribution in [0.25, 0.3) is 22.5 Å². The van der Waals surface area contributed by atoms with Gasteiger partial charge in [-0.3, -0.25) is 9.89 Å². The maximum atomic E-state index is 12.2. The van der Waals surface area contributed by atoms with Gasteiger partial charge in [-0.1, -0.05) is 36.4 Å². The van der Waals surface area contributed by atoms with E-state index in [0.717, 1.165) is 34.5 Å². The average Bonchev–Trinajstić information content (AvgIpc) is 3.20. The molecule has 0 radical (unpaired) electrons. The largest absolute Gasteiger partial charge is 0.390 e. The van der Waals surface area contributed by atoms with Crippen LogP contribution in [0, 0.1) is 0 Å². The van der Waals surface area contributed by atoms with Gasteiger partial charge in [0, 0.05) is 35.2 Å². The van der Waals surface area contributed by atoms with Gasteiger partial charge in [0.15, 0.2) is 0 Å². The van der Waals surface area contributed by atoms with Crippen LogP contribution < -0.4 is 5.32 Å². The van der Waals surface area contributed by atoms with E-state index in [1.165, 1.54) is 5.56 Å². The van der Waals surface area contributed by atoms with Crippen LogP contribution in [0.2, 0.25) is 0 Å². The number of H-pyrrole nitrogens is 1. The molecule has 4 rings (SSSR count). The number of nitrogens with one attached hydrogen (secondary N) is 2. The summed E-state index contributed by atoms with van der Waals surface area (Å²) in [6.45, 7) is -0.435. The molecule has 1 aromatic heterocycles. The predicted molar refractivity (Wildman–Crippen MR) is 95.3 cm³/mol. The van der Waals surface area contributed by atoms with E-state index in [0.29, 0.717) is 5.56 Å². The van der Waals surface area contributed by atoms with Crippen LogP contribution in [0.15, 0.2) is 48.5 Å². The van der Waals surface area contributed by atoms with Gasteiger partial charge in [0.1, 0.15) is 0 Å². The second-order valence-electron chi connectivity index (χ2n) is 6.46. The zero-order valence-corrected chi connectivity index (χ0v) is 14.2. The van der Waals surface area contributed by atoms with Crippen LogP contribution in [0.1, 0.15) is 27.9 Å². The van der Waals surface area contributed by atoms with Crippen LogP contribution in [-0.2, 0) is 6.42 Å². The minimum absolute atomic E-state index is 0.316. The van der Waals surface area contributed by atoms with Gasteiger partial charge < -0.3 is 5.32 Å². The predicted octanol–water partition coefficient (Wildman–Crippen LogP) is 4.33. The van der Waals surface area contributed by atoms with Crippen molar-refractivity contribution in [3.63, 3.8) is 0 Å². The van der Waals surface area contributed by atoms with Crippen molar-refractivity contribution in [2.75, 3.05) is 6.54 Å². The van der Waals surface area contributed by atoms with Crippen molar-refractivity contribution in [3.8, 4) is 22.5 Å². The van der Waals surface area contributed by atoms with Crippen molar-refractivity contribution >= 4 is 5.91 Å². The highest BCUT2D eigenvalue weighted by molar-refractivity contribution is 5.94. The molecule has 1 amide bonds. The Morgan fingerprint density at radius 1 is 1.11 bits per heavy atom. The Morgan fingerprint density at radius 2 is 1.85 bits per heavy atom. The summed E-state index contributed by atoms with van der Waals surface area (Å²) in [6.07, 6.45) is -4.54. The lowest BCUT2D eigenvalue weighted by Crippen LogP contribution is -2.27. The fourth-order valence-electron chi connectivity index (χ4n) is 3.31. The molecule has 27 heavy (non-hydrogen) atoms. The third kappa shape index (κ3) is 3.45. The molecular formula is C20H16F3N3O. The molecule has 0 saturated carbocycles. The Morgan fingerprint density at radius 3 is 2.59 bits per heavy atom. The fourth-order valence-corrected chi connectivity index (χ4v) is 3.31. The molecule has 0 unspecified atom stereocenters. The van der Waals surface area contributed by atoms with Gasteiger partial charge in [0.2, 0.25) is 0 Å². The van der Waals surface area contributed by atoms with Crippen LogP contribution in [-0.4, -0.2) is 28.8 Å². The number of carbonyl (C=O) groups excluding carboxylic acids is 1. The first-order valence-electron chi connectivity index (χ1n) is 8.53. The first kappa shape index (κ1) is 17.3. The zero-order valence-electron chi connectivity index (χ0n) is 14.2. The Hall–Kier alpha value is -3.09. The van der Waals surface area contributed by atoms with Crippen LogP contribution in [0.3, 0.4) is 0 Å². The Balaban J connectivity index is 1.49. The SMILES string of the molecule is O=C(NCCC(F)(F)F)c1ccc(-c2n[nH]c3c2Cc2ccccc2-3)cc1. The number of nitrogens with zero attached hydrogens (tertiary/aromatic N) is 1. The van der Waals surface area contributed by atoms with E-state index in [2.05, 4.69) is 27.6 Å². The molecule has 0 atom stereocenters. The molecule has 4 nitrogen and oxygen atoms in total. The first-order chi connectivity index (χ1) is 12.9. The average molecular weight is 371 g/mol. The fraction of sp³-hybridized carbons (Fsp3) is 0.200. The zero-order chi connectivity index (χ0) is 19.0. The van der Waals surface area contributed by atoms with Crippen LogP contribution in [0.4, 0.5) is 13.2 Å². The number of halogens is 3. The Bertz CT molecular complexity index is 990. The highest BCUT2D eigenvalue weighted by Gasteiger charge is 2.27. The quantitative estimate of drug-likeness (QED) is 0.561. The third-order valence-corrected chi connectivity index (χ3v) is 4.64. The summed E-state index contributed by atoms with van der Waals surface area (Å²) in [7, 11) is 0. The van der Waals surface area contributed by atoms with Crippen LogP contribution >= 0.6 is 0 Å². The highest BCUT2D eigenvalue weighted by atomic mass is 19.4. The van der Waals surface area contributed by atoms with Gasteiger partial charge in [-0.2, -0.15) is 18.3 Å². The standard InChI is InChI=1S/C20H16F3N3O/c21-20(22,23)9-10-24-19(27)13-7-5-12(6-8-13)17-16-11-14-3-1-2-4-15(14)18(16)26-25-17/h1-8H,9-11H2,(H,24,27)(H,25,26). The Labute approximate surface area is 153 Å². The van der Waals surface area contributed by atoms with Crippen molar-refractivity contribution in [2.24, 2.45) is 0 Å². The number of aromatic nitrogens is 2. The first-order valence-corrected chi connectivity index (χ1v) is 8.53. The Kier molecular flexibility index (Phi) is 4.22. The van der Waals surface area contributed by atoms with E-state index in [9.17, 15) is 18.0 Å². The molecule has 2 N–H and O–H groups in total. The van der Waals surface area contributed by atoms with Gasteiger partial charge in [0.25, 0.3) is 5.91 Å². The van der Waals surface area contributed by atoms with Gasteiger partial charge >= 0.3 is 6.18 Å². The highest BCUT2D eigenvalue weighted by Crippen LogP contribution is 2.39. The number of rotatable bonds is 4.